The number of benzene rings is 9. The van der Waals surface area contributed by atoms with Crippen molar-refractivity contribution in [1.29, 1.82) is 0 Å². The summed E-state index contributed by atoms with van der Waals surface area (Å²) in [7, 11) is 0. The van der Waals surface area contributed by atoms with Gasteiger partial charge in [0.15, 0.2) is 0 Å². The van der Waals surface area contributed by atoms with Crippen LogP contribution in [0.2, 0.25) is 0 Å². The fourth-order valence-corrected chi connectivity index (χ4v) is 10.1. The van der Waals surface area contributed by atoms with E-state index in [0.29, 0.717) is 0 Å². The molecule has 2 aliphatic carbocycles. The van der Waals surface area contributed by atoms with Gasteiger partial charge in [-0.2, -0.15) is 0 Å². The van der Waals surface area contributed by atoms with Crippen LogP contribution in [0.4, 0.5) is 17.1 Å². The van der Waals surface area contributed by atoms with Crippen molar-refractivity contribution in [2.75, 3.05) is 4.90 Å². The maximum Gasteiger partial charge on any atom is 0.0465 e. The minimum atomic E-state index is -0.145. The summed E-state index contributed by atoms with van der Waals surface area (Å²) in [5, 5.41) is 5.18. The van der Waals surface area contributed by atoms with Gasteiger partial charge in [0.1, 0.15) is 0 Å². The minimum Gasteiger partial charge on any atom is -0.310 e. The highest BCUT2D eigenvalue weighted by atomic mass is 15.1. The average molecular weight is 730 g/mol. The second-order valence-corrected chi connectivity index (χ2v) is 17.0. The normalized spacial score (nSPS) is 14.2. The van der Waals surface area contributed by atoms with Crippen molar-refractivity contribution in [2.45, 2.75) is 38.5 Å². The number of hydrogen-bond acceptors (Lipinski definition) is 1. The number of hydrogen-bond donors (Lipinski definition) is 0. The highest BCUT2D eigenvalue weighted by Crippen LogP contribution is 2.54. The van der Waals surface area contributed by atoms with Gasteiger partial charge < -0.3 is 4.90 Å². The van der Waals surface area contributed by atoms with Crippen LogP contribution >= 0.6 is 0 Å². The van der Waals surface area contributed by atoms with E-state index in [1.165, 1.54) is 88.3 Å². The Kier molecular flexibility index (Phi) is 7.32. The zero-order chi connectivity index (χ0) is 38.5. The van der Waals surface area contributed by atoms with Crippen molar-refractivity contribution in [1.82, 2.24) is 0 Å². The Morgan fingerprint density at radius 2 is 0.877 bits per heavy atom. The van der Waals surface area contributed by atoms with Crippen molar-refractivity contribution in [3.63, 3.8) is 0 Å². The van der Waals surface area contributed by atoms with E-state index in [1.807, 2.05) is 0 Å². The maximum atomic E-state index is 2.45. The Morgan fingerprint density at radius 3 is 1.72 bits per heavy atom. The molecule has 11 rings (SSSR count). The van der Waals surface area contributed by atoms with Crippen LogP contribution in [-0.2, 0) is 10.8 Å². The van der Waals surface area contributed by atoms with Crippen LogP contribution in [0.3, 0.4) is 0 Å². The lowest BCUT2D eigenvalue weighted by Crippen LogP contribution is -2.24. The van der Waals surface area contributed by atoms with Gasteiger partial charge in [0.05, 0.1) is 0 Å². The Labute approximate surface area is 335 Å². The van der Waals surface area contributed by atoms with Crippen LogP contribution in [0.15, 0.2) is 188 Å². The molecule has 57 heavy (non-hydrogen) atoms. The predicted octanol–water partition coefficient (Wildman–Crippen LogP) is 15.4. The molecule has 0 aromatic heterocycles. The van der Waals surface area contributed by atoms with Crippen molar-refractivity contribution >= 4 is 38.6 Å². The number of nitrogens with zero attached hydrogens (tertiary/aromatic N) is 1. The highest BCUT2D eigenvalue weighted by Gasteiger charge is 2.37. The quantitative estimate of drug-likeness (QED) is 0.170. The molecule has 0 radical (unpaired) electrons. The van der Waals surface area contributed by atoms with Crippen LogP contribution < -0.4 is 4.90 Å². The van der Waals surface area contributed by atoms with Crippen LogP contribution in [0.1, 0.15) is 49.9 Å². The van der Waals surface area contributed by atoms with E-state index in [1.54, 1.807) is 0 Å². The fraction of sp³-hybridized carbons (Fsp3) is 0.107. The van der Waals surface area contributed by atoms with E-state index in [9.17, 15) is 0 Å². The zero-order valence-corrected chi connectivity index (χ0v) is 32.8. The molecule has 0 fully saturated rings. The van der Waals surface area contributed by atoms with Gasteiger partial charge in [0, 0.05) is 27.9 Å². The van der Waals surface area contributed by atoms with Crippen molar-refractivity contribution in [2.24, 2.45) is 0 Å². The maximum absolute atomic E-state index is 2.45. The molecule has 1 nitrogen and oxygen atoms in total. The third kappa shape index (κ3) is 5.08. The summed E-state index contributed by atoms with van der Waals surface area (Å²) >= 11 is 0. The lowest BCUT2D eigenvalue weighted by atomic mass is 9.67. The topological polar surface area (TPSA) is 3.24 Å². The molecular weight excluding hydrogens is 687 g/mol. The molecule has 9 aromatic carbocycles. The molecular formula is C56H43N. The summed E-state index contributed by atoms with van der Waals surface area (Å²) in [5.41, 5.74) is 19.0. The van der Waals surface area contributed by atoms with Crippen LogP contribution in [0, 0.1) is 0 Å². The summed E-state index contributed by atoms with van der Waals surface area (Å²) in [6.45, 7) is 9.48. The average Bonchev–Trinajstić information content (AvgIpc) is 3.48. The summed E-state index contributed by atoms with van der Waals surface area (Å²) in [6, 6.07) is 70.1. The molecule has 0 aliphatic heterocycles. The molecule has 1 heteroatoms. The van der Waals surface area contributed by atoms with E-state index in [0.717, 1.165) is 17.1 Å². The number of anilines is 3. The first kappa shape index (κ1) is 33.6. The van der Waals surface area contributed by atoms with Gasteiger partial charge in [-0.15, -0.1) is 0 Å². The fourth-order valence-electron chi connectivity index (χ4n) is 10.1. The molecule has 0 saturated carbocycles. The van der Waals surface area contributed by atoms with Gasteiger partial charge >= 0.3 is 0 Å². The molecule has 272 valence electrons. The summed E-state index contributed by atoms with van der Waals surface area (Å²) < 4.78 is 0. The van der Waals surface area contributed by atoms with Gasteiger partial charge in [0.2, 0.25) is 0 Å². The van der Waals surface area contributed by atoms with Gasteiger partial charge in [-0.05, 0) is 137 Å². The van der Waals surface area contributed by atoms with Gasteiger partial charge in [0.25, 0.3) is 0 Å². The van der Waals surface area contributed by atoms with Gasteiger partial charge in [-0.3, -0.25) is 0 Å². The van der Waals surface area contributed by atoms with Gasteiger partial charge in [-0.25, -0.2) is 0 Å². The zero-order valence-electron chi connectivity index (χ0n) is 32.8. The third-order valence-corrected chi connectivity index (χ3v) is 13.0. The Morgan fingerprint density at radius 1 is 0.316 bits per heavy atom. The lowest BCUT2D eigenvalue weighted by Gasteiger charge is -2.36. The molecule has 0 unspecified atom stereocenters. The molecule has 0 amide bonds. The van der Waals surface area contributed by atoms with Crippen molar-refractivity contribution in [3.05, 3.63) is 210 Å². The van der Waals surface area contributed by atoms with Crippen LogP contribution in [0.25, 0.3) is 66.1 Å². The third-order valence-electron chi connectivity index (χ3n) is 13.0. The second-order valence-electron chi connectivity index (χ2n) is 17.0. The molecule has 0 atom stereocenters. The van der Waals surface area contributed by atoms with E-state index in [-0.39, 0.29) is 10.8 Å². The molecule has 0 bridgehead atoms. The van der Waals surface area contributed by atoms with E-state index >= 15 is 0 Å². The molecule has 0 saturated heterocycles. The molecule has 0 N–H and O–H groups in total. The lowest BCUT2D eigenvalue weighted by molar-refractivity contribution is 0.645. The van der Waals surface area contributed by atoms with Crippen molar-refractivity contribution < 1.29 is 0 Å². The Balaban J connectivity index is 1.06. The first-order valence-corrected chi connectivity index (χ1v) is 20.2. The first-order valence-electron chi connectivity index (χ1n) is 20.2. The highest BCUT2D eigenvalue weighted by molar-refractivity contribution is 6.10. The minimum absolute atomic E-state index is 0.0799. The number of fused-ring (bicyclic) bond motifs is 6. The smallest absolute Gasteiger partial charge is 0.0465 e. The molecule has 9 aromatic rings. The van der Waals surface area contributed by atoms with Crippen LogP contribution in [-0.4, -0.2) is 0 Å². The Bertz CT molecular complexity index is 3060. The monoisotopic (exact) mass is 729 g/mol. The first-order chi connectivity index (χ1) is 27.8. The Hall–Kier alpha value is -6.70. The molecule has 0 heterocycles. The summed E-state index contributed by atoms with van der Waals surface area (Å²) in [5.74, 6) is 0. The summed E-state index contributed by atoms with van der Waals surface area (Å²) in [4.78, 5) is 2.40. The van der Waals surface area contributed by atoms with Gasteiger partial charge in [-0.1, -0.05) is 167 Å². The SMILES string of the molecule is CC1(C)c2ccccc2-c2ccc(N(c3ccccc3)c3ccc(-c4ccc5cccc6c5c4-c4cc(-c5ccc7ccccc7c5)ccc4C6(C)C)cc3)cc21. The molecule has 2 aliphatic rings. The van der Waals surface area contributed by atoms with E-state index in [2.05, 4.69) is 221 Å². The standard InChI is InChI=1S/C56H43N/c1-55(2)50-32-26-41(40-22-21-36-13-8-9-14-39(36)33-40)34-48(50)54-45(30-25-38-15-12-20-51(55)53(38)54)37-23-27-43(28-24-37)57(42-16-6-5-7-17-42)44-29-31-47-46-18-10-11-19-49(46)56(3,4)52(47)35-44/h5-35H,1-4H3. The predicted molar refractivity (Wildman–Crippen MR) is 242 cm³/mol. The second kappa shape index (κ2) is 12.4. The summed E-state index contributed by atoms with van der Waals surface area (Å²) in [6.07, 6.45) is 0. The number of para-hydroxylation sites is 1. The van der Waals surface area contributed by atoms with E-state index < -0.39 is 0 Å². The largest absolute Gasteiger partial charge is 0.310 e. The molecule has 0 spiro atoms. The van der Waals surface area contributed by atoms with Crippen molar-refractivity contribution in [3.8, 4) is 44.5 Å². The van der Waals surface area contributed by atoms with E-state index in [4.69, 9.17) is 0 Å². The number of rotatable bonds is 5. The van der Waals surface area contributed by atoms with Crippen LogP contribution in [0.5, 0.6) is 0 Å².